The van der Waals surface area contributed by atoms with Crippen molar-refractivity contribution in [1.82, 2.24) is 5.32 Å². The van der Waals surface area contributed by atoms with Gasteiger partial charge in [-0.1, -0.05) is 27.7 Å². The molecule has 0 spiro atoms. The van der Waals surface area contributed by atoms with Gasteiger partial charge in [-0.05, 0) is 43.6 Å². The Hall–Kier alpha value is -0.120. The Morgan fingerprint density at radius 1 is 1.28 bits per heavy atom. The third-order valence-electron chi connectivity index (χ3n) is 3.72. The fraction of sp³-hybridized carbons (Fsp3) is 1.00. The van der Waals surface area contributed by atoms with Crippen molar-refractivity contribution < 1.29 is 9.84 Å². The number of ether oxygens (including phenoxy) is 1. The number of aliphatic hydroxyl groups is 1. The molecule has 1 rings (SSSR count). The molecule has 0 aromatic carbocycles. The quantitative estimate of drug-likeness (QED) is 0.624. The molecule has 1 aliphatic carbocycles. The molecule has 0 bridgehead atoms. The van der Waals surface area contributed by atoms with Gasteiger partial charge in [0.05, 0.1) is 18.8 Å². The molecule has 1 saturated carbocycles. The minimum Gasteiger partial charge on any atom is -0.394 e. The van der Waals surface area contributed by atoms with Crippen LogP contribution >= 0.6 is 0 Å². The molecule has 2 N–H and O–H groups in total. The summed E-state index contributed by atoms with van der Waals surface area (Å²) in [6, 6.07) is 0. The first-order valence-electron chi connectivity index (χ1n) is 7.37. The summed E-state index contributed by atoms with van der Waals surface area (Å²) in [7, 11) is 0. The Morgan fingerprint density at radius 3 is 2.39 bits per heavy atom. The summed E-state index contributed by atoms with van der Waals surface area (Å²) in [6.07, 6.45) is 4.60. The number of hydrogen-bond acceptors (Lipinski definition) is 3. The second-order valence-corrected chi connectivity index (χ2v) is 6.88. The largest absolute Gasteiger partial charge is 0.394 e. The van der Waals surface area contributed by atoms with E-state index in [0.29, 0.717) is 17.9 Å². The molecule has 1 aliphatic rings. The van der Waals surface area contributed by atoms with Crippen molar-refractivity contribution in [2.75, 3.05) is 26.4 Å². The molecular weight excluding hydrogens is 226 g/mol. The Kier molecular flexibility index (Phi) is 6.09. The number of aliphatic hydroxyl groups excluding tert-OH is 1. The Balaban J connectivity index is 2.36. The van der Waals surface area contributed by atoms with Crippen LogP contribution in [0.3, 0.4) is 0 Å². The van der Waals surface area contributed by atoms with Crippen LogP contribution in [0.1, 0.15) is 53.4 Å². The molecular formula is C15H31NO2. The van der Waals surface area contributed by atoms with Gasteiger partial charge < -0.3 is 15.2 Å². The Bertz CT molecular complexity index is 233. The van der Waals surface area contributed by atoms with Crippen LogP contribution in [0.4, 0.5) is 0 Å². The third-order valence-corrected chi connectivity index (χ3v) is 3.72. The van der Waals surface area contributed by atoms with Gasteiger partial charge in [0.1, 0.15) is 0 Å². The zero-order valence-corrected chi connectivity index (χ0v) is 12.6. The molecule has 0 aromatic rings. The van der Waals surface area contributed by atoms with Gasteiger partial charge in [0.25, 0.3) is 0 Å². The fourth-order valence-corrected chi connectivity index (χ4v) is 2.19. The molecule has 18 heavy (non-hydrogen) atoms. The van der Waals surface area contributed by atoms with Crippen molar-refractivity contribution in [3.8, 4) is 0 Å². The first-order valence-corrected chi connectivity index (χ1v) is 7.37. The molecule has 1 atom stereocenters. The van der Waals surface area contributed by atoms with Crippen LogP contribution in [0, 0.1) is 11.3 Å². The van der Waals surface area contributed by atoms with Crippen LogP contribution in [0.5, 0.6) is 0 Å². The summed E-state index contributed by atoms with van der Waals surface area (Å²) < 4.78 is 5.84. The Labute approximate surface area is 112 Å². The van der Waals surface area contributed by atoms with Crippen LogP contribution in [0.25, 0.3) is 0 Å². The Morgan fingerprint density at radius 2 is 1.94 bits per heavy atom. The lowest BCUT2D eigenvalue weighted by Crippen LogP contribution is -2.54. The molecule has 0 aromatic heterocycles. The van der Waals surface area contributed by atoms with Crippen molar-refractivity contribution >= 4 is 0 Å². The number of nitrogens with one attached hydrogen (secondary N) is 1. The monoisotopic (exact) mass is 257 g/mol. The van der Waals surface area contributed by atoms with Gasteiger partial charge in [-0.15, -0.1) is 0 Å². The van der Waals surface area contributed by atoms with E-state index in [1.54, 1.807) is 0 Å². The summed E-state index contributed by atoms with van der Waals surface area (Å²) >= 11 is 0. The lowest BCUT2D eigenvalue weighted by atomic mass is 9.92. The van der Waals surface area contributed by atoms with Gasteiger partial charge in [-0.25, -0.2) is 0 Å². The molecule has 0 amide bonds. The second kappa shape index (κ2) is 6.88. The fourth-order valence-electron chi connectivity index (χ4n) is 2.19. The van der Waals surface area contributed by atoms with Gasteiger partial charge in [-0.2, -0.15) is 0 Å². The molecule has 3 nitrogen and oxygen atoms in total. The topological polar surface area (TPSA) is 41.5 Å². The summed E-state index contributed by atoms with van der Waals surface area (Å²) in [5, 5.41) is 13.2. The van der Waals surface area contributed by atoms with E-state index in [1.165, 1.54) is 12.8 Å². The zero-order chi connectivity index (χ0) is 13.6. The maximum absolute atomic E-state index is 9.73. The first-order chi connectivity index (χ1) is 8.43. The molecule has 1 unspecified atom stereocenters. The van der Waals surface area contributed by atoms with Crippen LogP contribution < -0.4 is 5.32 Å². The van der Waals surface area contributed by atoms with Crippen molar-refractivity contribution in [1.29, 1.82) is 0 Å². The smallest absolute Gasteiger partial charge is 0.0679 e. The van der Waals surface area contributed by atoms with Gasteiger partial charge in [0.2, 0.25) is 0 Å². The minimum absolute atomic E-state index is 0.187. The van der Waals surface area contributed by atoms with E-state index < -0.39 is 0 Å². The molecule has 0 saturated heterocycles. The maximum Gasteiger partial charge on any atom is 0.0679 e. The highest BCUT2D eigenvalue weighted by atomic mass is 16.5. The average molecular weight is 257 g/mol. The van der Waals surface area contributed by atoms with E-state index in [-0.39, 0.29) is 12.1 Å². The average Bonchev–Trinajstić information content (AvgIpc) is 3.12. The predicted molar refractivity (Wildman–Crippen MR) is 75.7 cm³/mol. The predicted octanol–water partition coefficient (Wildman–Crippen LogP) is 2.58. The van der Waals surface area contributed by atoms with Gasteiger partial charge in [0, 0.05) is 6.61 Å². The van der Waals surface area contributed by atoms with Crippen LogP contribution in [0.2, 0.25) is 0 Å². The molecule has 0 heterocycles. The van der Waals surface area contributed by atoms with E-state index in [0.717, 1.165) is 26.0 Å². The van der Waals surface area contributed by atoms with Crippen molar-refractivity contribution in [3.63, 3.8) is 0 Å². The van der Waals surface area contributed by atoms with Crippen molar-refractivity contribution in [2.45, 2.75) is 58.9 Å². The maximum atomic E-state index is 9.73. The summed E-state index contributed by atoms with van der Waals surface area (Å²) in [6.45, 7) is 11.4. The molecule has 0 radical (unpaired) electrons. The number of hydrogen-bond donors (Lipinski definition) is 2. The van der Waals surface area contributed by atoms with Crippen molar-refractivity contribution in [2.24, 2.45) is 11.3 Å². The van der Waals surface area contributed by atoms with Crippen LogP contribution in [-0.2, 0) is 4.74 Å². The van der Waals surface area contributed by atoms with E-state index >= 15 is 0 Å². The van der Waals surface area contributed by atoms with E-state index in [1.807, 2.05) is 0 Å². The zero-order valence-electron chi connectivity index (χ0n) is 12.6. The summed E-state index contributed by atoms with van der Waals surface area (Å²) in [5.41, 5.74) is 0.131. The van der Waals surface area contributed by atoms with Crippen molar-refractivity contribution in [3.05, 3.63) is 0 Å². The summed E-state index contributed by atoms with van der Waals surface area (Å²) in [5.74, 6) is 0.601. The molecule has 108 valence electrons. The lowest BCUT2D eigenvalue weighted by Gasteiger charge is -2.33. The highest BCUT2D eigenvalue weighted by molar-refractivity contribution is 5.00. The minimum atomic E-state index is -0.187. The van der Waals surface area contributed by atoms with E-state index in [2.05, 4.69) is 33.0 Å². The van der Waals surface area contributed by atoms with Gasteiger partial charge in [0.15, 0.2) is 0 Å². The highest BCUT2D eigenvalue weighted by Gasteiger charge is 2.44. The van der Waals surface area contributed by atoms with Gasteiger partial charge >= 0.3 is 0 Å². The van der Waals surface area contributed by atoms with Crippen LogP contribution in [0.15, 0.2) is 0 Å². The van der Waals surface area contributed by atoms with E-state index in [4.69, 9.17) is 4.74 Å². The second-order valence-electron chi connectivity index (χ2n) is 6.88. The molecule has 3 heteroatoms. The highest BCUT2D eigenvalue weighted by Crippen LogP contribution is 2.39. The number of rotatable bonds is 9. The first kappa shape index (κ1) is 15.9. The molecule has 0 aliphatic heterocycles. The lowest BCUT2D eigenvalue weighted by molar-refractivity contribution is 0.0155. The third kappa shape index (κ3) is 5.25. The van der Waals surface area contributed by atoms with Gasteiger partial charge in [-0.3, -0.25) is 0 Å². The molecule has 1 fully saturated rings. The summed E-state index contributed by atoms with van der Waals surface area (Å²) in [4.78, 5) is 0. The normalized spacial score (nSPS) is 19.8. The van der Waals surface area contributed by atoms with E-state index in [9.17, 15) is 5.11 Å². The standard InChI is InChI=1S/C15H31NO2/c1-5-9-16-15(11-17,13-6-7-13)12-18-10-8-14(2,3)4/h13,16-17H,5-12H2,1-4H3. The SMILES string of the molecule is CCCNC(CO)(COCCC(C)(C)C)C1CC1. The van der Waals surface area contributed by atoms with Crippen LogP contribution in [-0.4, -0.2) is 37.0 Å².